The molecule has 0 amide bonds. The first-order chi connectivity index (χ1) is 28.4. The van der Waals surface area contributed by atoms with E-state index in [0.717, 1.165) is 112 Å². The molecule has 3 aliphatic rings. The zero-order valence-electron chi connectivity index (χ0n) is 33.3. The van der Waals surface area contributed by atoms with Crippen LogP contribution in [0.3, 0.4) is 0 Å². The summed E-state index contributed by atoms with van der Waals surface area (Å²) in [6.07, 6.45) is 10.6. The van der Waals surface area contributed by atoms with Gasteiger partial charge >= 0.3 is 0 Å². The quantitative estimate of drug-likeness (QED) is 0.158. The van der Waals surface area contributed by atoms with Crippen molar-refractivity contribution in [3.05, 3.63) is 201 Å². The van der Waals surface area contributed by atoms with Gasteiger partial charge in [0.15, 0.2) is 0 Å². The minimum Gasteiger partial charge on any atom is -0.497 e. The summed E-state index contributed by atoms with van der Waals surface area (Å²) in [5.74, 6) is 3.15. The lowest BCUT2D eigenvalue weighted by Gasteiger charge is -2.13. The number of benzene rings is 4. The van der Waals surface area contributed by atoms with Gasteiger partial charge in [-0.25, -0.2) is 9.98 Å². The summed E-state index contributed by atoms with van der Waals surface area (Å²) in [5.41, 5.74) is 13.5. The maximum absolute atomic E-state index is 5.59. The molecular weight excluding hydrogens is 721 g/mol. The number of allylic oxidation sites excluding steroid dienone is 5. The lowest BCUT2D eigenvalue weighted by molar-refractivity contribution is 0.414. The van der Waals surface area contributed by atoms with Gasteiger partial charge < -0.3 is 28.1 Å². The Morgan fingerprint density at radius 1 is 0.397 bits per heavy atom. The van der Waals surface area contributed by atoms with Crippen LogP contribution in [0.4, 0.5) is 0 Å². The fourth-order valence-corrected chi connectivity index (χ4v) is 8.02. The first kappa shape index (κ1) is 36.3. The molecule has 0 spiro atoms. The lowest BCUT2D eigenvalue weighted by atomic mass is 9.96. The number of fused-ring (bicyclic) bond motifs is 6. The second kappa shape index (κ2) is 15.0. The topological polar surface area (TPSA) is 71.5 Å². The Kier molecular flexibility index (Phi) is 9.38. The zero-order chi connectivity index (χ0) is 39.9. The molecule has 0 saturated carbocycles. The molecular formula is C50H42N4O4. The summed E-state index contributed by atoms with van der Waals surface area (Å²) < 4.78 is 26.8. The smallest absolute Gasteiger partial charge is 0.118 e. The van der Waals surface area contributed by atoms with Gasteiger partial charge in [-0.05, 0) is 113 Å². The maximum atomic E-state index is 5.59. The molecule has 0 fully saturated rings. The van der Waals surface area contributed by atoms with Gasteiger partial charge in [-0.2, -0.15) is 0 Å². The summed E-state index contributed by atoms with van der Waals surface area (Å²) in [6.45, 7) is 0. The van der Waals surface area contributed by atoms with Gasteiger partial charge in [0.05, 0.1) is 67.6 Å². The van der Waals surface area contributed by atoms with E-state index in [0.29, 0.717) is 0 Å². The molecule has 8 bridgehead atoms. The second-order valence-electron chi connectivity index (χ2n) is 14.2. The number of aliphatic imine (C=N–C) groups is 2. The molecule has 0 N–H and O–H groups in total. The van der Waals surface area contributed by atoms with Crippen molar-refractivity contribution in [3.8, 4) is 23.0 Å². The summed E-state index contributed by atoms with van der Waals surface area (Å²) in [7, 11) is 11.0. The van der Waals surface area contributed by atoms with E-state index in [1.807, 2.05) is 48.5 Å². The first-order valence-corrected chi connectivity index (χ1v) is 19.1. The highest BCUT2D eigenvalue weighted by atomic mass is 16.5. The van der Waals surface area contributed by atoms with Crippen molar-refractivity contribution in [2.75, 3.05) is 28.4 Å². The van der Waals surface area contributed by atoms with Gasteiger partial charge in [0.2, 0.25) is 0 Å². The first-order valence-electron chi connectivity index (χ1n) is 19.1. The van der Waals surface area contributed by atoms with Crippen LogP contribution in [0.15, 0.2) is 167 Å². The van der Waals surface area contributed by atoms with Crippen molar-refractivity contribution >= 4 is 33.7 Å². The van der Waals surface area contributed by atoms with Crippen molar-refractivity contribution in [1.82, 2.24) is 9.13 Å². The van der Waals surface area contributed by atoms with Crippen molar-refractivity contribution in [2.45, 2.75) is 0 Å². The van der Waals surface area contributed by atoms with Crippen LogP contribution >= 0.6 is 0 Å². The molecule has 3 aliphatic heterocycles. The van der Waals surface area contributed by atoms with Crippen LogP contribution in [0.5, 0.6) is 23.0 Å². The summed E-state index contributed by atoms with van der Waals surface area (Å²) in [4.78, 5) is 10.9. The molecule has 0 unspecified atom stereocenters. The van der Waals surface area contributed by atoms with Gasteiger partial charge in [-0.15, -0.1) is 0 Å². The molecule has 2 aromatic heterocycles. The van der Waals surface area contributed by atoms with Crippen molar-refractivity contribution in [2.24, 2.45) is 24.1 Å². The largest absolute Gasteiger partial charge is 0.497 e. The Hall–Kier alpha value is -7.32. The number of aromatic nitrogens is 2. The van der Waals surface area contributed by atoms with E-state index in [2.05, 4.69) is 120 Å². The Bertz CT molecular complexity index is 2900. The maximum Gasteiger partial charge on any atom is 0.118 e. The summed E-state index contributed by atoms with van der Waals surface area (Å²) in [5, 5.41) is 2.06. The molecule has 58 heavy (non-hydrogen) atoms. The average molecular weight is 763 g/mol. The Balaban J connectivity index is 1.42. The van der Waals surface area contributed by atoms with Crippen LogP contribution < -0.4 is 29.6 Å². The Labute approximate surface area is 337 Å². The zero-order valence-corrected chi connectivity index (χ0v) is 33.3. The molecule has 286 valence electrons. The van der Waals surface area contributed by atoms with E-state index in [9.17, 15) is 0 Å². The molecule has 0 saturated heterocycles. The molecule has 5 heterocycles. The lowest BCUT2D eigenvalue weighted by Crippen LogP contribution is -2.29. The van der Waals surface area contributed by atoms with Crippen LogP contribution in [-0.4, -0.2) is 49.0 Å². The van der Waals surface area contributed by atoms with E-state index >= 15 is 0 Å². The Morgan fingerprint density at radius 2 is 0.776 bits per heavy atom. The predicted molar refractivity (Wildman–Crippen MR) is 232 cm³/mol. The molecule has 4 aromatic carbocycles. The van der Waals surface area contributed by atoms with Crippen LogP contribution in [0.1, 0.15) is 33.5 Å². The van der Waals surface area contributed by atoms with Crippen LogP contribution in [-0.2, 0) is 14.1 Å². The van der Waals surface area contributed by atoms with E-state index in [1.54, 1.807) is 28.4 Å². The van der Waals surface area contributed by atoms with Crippen molar-refractivity contribution in [3.63, 3.8) is 0 Å². The Morgan fingerprint density at radius 3 is 1.24 bits per heavy atom. The molecule has 8 nitrogen and oxygen atoms in total. The number of rotatable bonds is 8. The molecule has 0 radical (unpaired) electrons. The fraction of sp³-hybridized carbons (Fsp3) is 0.120. The number of hydrogen-bond acceptors (Lipinski definition) is 6. The summed E-state index contributed by atoms with van der Waals surface area (Å²) >= 11 is 0. The standard InChI is InChI=1S/C50H42N4O4/c1-53-30-35-29-46(53)50(34-13-21-39(58-6)22-14-34)45-28-27-44(54(45)2)49(33-11-19-38(57-5)20-12-33)43-26-25-42(52-43)48(32-9-17-37(56-4)18-10-32)41-24-23-40(51-41)47(35)31-7-15-36(55-3)16-8-31/h7-30H,1-6H3. The number of ether oxygens (including phenoxy) is 4. The van der Waals surface area contributed by atoms with Crippen LogP contribution in [0.2, 0.25) is 0 Å². The highest BCUT2D eigenvalue weighted by Crippen LogP contribution is 2.38. The molecule has 8 heteroatoms. The number of nitrogens with zero attached hydrogens (tertiary/aromatic N) is 4. The van der Waals surface area contributed by atoms with Gasteiger partial charge in [0, 0.05) is 48.1 Å². The normalized spacial score (nSPS) is 14.6. The van der Waals surface area contributed by atoms with Gasteiger partial charge in [-0.1, -0.05) is 48.5 Å². The third-order valence-corrected chi connectivity index (χ3v) is 11.0. The molecule has 6 aromatic rings. The van der Waals surface area contributed by atoms with Crippen molar-refractivity contribution in [1.29, 1.82) is 0 Å². The van der Waals surface area contributed by atoms with E-state index in [-0.39, 0.29) is 0 Å². The van der Waals surface area contributed by atoms with E-state index < -0.39 is 0 Å². The van der Waals surface area contributed by atoms with Crippen LogP contribution in [0.25, 0.3) is 22.3 Å². The van der Waals surface area contributed by atoms with E-state index in [1.165, 1.54) is 0 Å². The fourth-order valence-electron chi connectivity index (χ4n) is 8.02. The highest BCUT2D eigenvalue weighted by Gasteiger charge is 2.25. The van der Waals surface area contributed by atoms with Crippen LogP contribution in [0, 0.1) is 0 Å². The predicted octanol–water partition coefficient (Wildman–Crippen LogP) is 8.05. The summed E-state index contributed by atoms with van der Waals surface area (Å²) in [6, 6.07) is 39.4. The molecule has 9 rings (SSSR count). The average Bonchev–Trinajstić information content (AvgIpc) is 4.09. The van der Waals surface area contributed by atoms with Gasteiger partial charge in [-0.3, -0.25) is 0 Å². The minimum absolute atomic E-state index is 0.778. The number of methoxy groups -OCH3 is 4. The molecule has 0 atom stereocenters. The minimum atomic E-state index is 0.778. The van der Waals surface area contributed by atoms with Gasteiger partial charge in [0.25, 0.3) is 0 Å². The second-order valence-corrected chi connectivity index (χ2v) is 14.2. The SMILES string of the molecule is COc1ccc(C2=C3C=CC(=N3)C(c3ccc(OC)cc3)=c3ccc(n3C)=C(c3ccc(OC)cc3)c3cc(cn3C)C(c3ccc(OC)cc3)=C3C=CC2=N3)cc1. The third kappa shape index (κ3) is 6.38. The van der Waals surface area contributed by atoms with E-state index in [4.69, 9.17) is 28.9 Å². The molecule has 0 aliphatic carbocycles. The monoisotopic (exact) mass is 762 g/mol. The number of hydrogen-bond donors (Lipinski definition) is 0. The third-order valence-electron chi connectivity index (χ3n) is 11.0. The van der Waals surface area contributed by atoms with Gasteiger partial charge in [0.1, 0.15) is 23.0 Å². The number of aryl methyl sites for hydroxylation is 1. The van der Waals surface area contributed by atoms with Crippen molar-refractivity contribution < 1.29 is 18.9 Å². The highest BCUT2D eigenvalue weighted by molar-refractivity contribution is 6.35.